The van der Waals surface area contributed by atoms with Crippen molar-refractivity contribution in [3.8, 4) is 11.4 Å². The number of hydrogen-bond donors (Lipinski definition) is 1. The standard InChI is InChI=1S/C14H18N4O/c1-9-8-16-6-5-11(9)13-17-14(19-18-13)12-4-2-3-10(12)7-15/h5-6,8,10,12H,2-4,7,15H2,1H3. The maximum atomic E-state index is 5.81. The Balaban J connectivity index is 1.90. The molecule has 0 radical (unpaired) electrons. The van der Waals surface area contributed by atoms with Crippen LogP contribution in [0, 0.1) is 12.8 Å². The lowest BCUT2D eigenvalue weighted by Gasteiger charge is -2.12. The van der Waals surface area contributed by atoms with E-state index in [1.165, 1.54) is 6.42 Å². The lowest BCUT2D eigenvalue weighted by Crippen LogP contribution is -2.17. The van der Waals surface area contributed by atoms with Crippen molar-refractivity contribution in [2.24, 2.45) is 11.7 Å². The van der Waals surface area contributed by atoms with E-state index in [9.17, 15) is 0 Å². The van der Waals surface area contributed by atoms with E-state index in [4.69, 9.17) is 10.3 Å². The third-order valence-corrected chi connectivity index (χ3v) is 3.98. The van der Waals surface area contributed by atoms with Gasteiger partial charge in [0, 0.05) is 23.9 Å². The second-order valence-electron chi connectivity index (χ2n) is 5.18. The van der Waals surface area contributed by atoms with Crippen LogP contribution in [0.15, 0.2) is 23.0 Å². The topological polar surface area (TPSA) is 77.8 Å². The normalized spacial score (nSPS) is 22.8. The van der Waals surface area contributed by atoms with Gasteiger partial charge in [-0.25, -0.2) is 0 Å². The van der Waals surface area contributed by atoms with E-state index < -0.39 is 0 Å². The summed E-state index contributed by atoms with van der Waals surface area (Å²) in [5, 5.41) is 4.11. The summed E-state index contributed by atoms with van der Waals surface area (Å²) < 4.78 is 5.45. The van der Waals surface area contributed by atoms with Crippen LogP contribution in [-0.4, -0.2) is 21.7 Å². The van der Waals surface area contributed by atoms with Crippen molar-refractivity contribution >= 4 is 0 Å². The van der Waals surface area contributed by atoms with Gasteiger partial charge in [-0.2, -0.15) is 4.98 Å². The van der Waals surface area contributed by atoms with E-state index in [1.807, 2.05) is 19.2 Å². The van der Waals surface area contributed by atoms with Gasteiger partial charge in [-0.3, -0.25) is 4.98 Å². The molecule has 0 amide bonds. The molecule has 1 aliphatic carbocycles. The highest BCUT2D eigenvalue weighted by Crippen LogP contribution is 2.38. The Morgan fingerprint density at radius 3 is 3.11 bits per heavy atom. The van der Waals surface area contributed by atoms with Crippen LogP contribution in [0.5, 0.6) is 0 Å². The summed E-state index contributed by atoms with van der Waals surface area (Å²) in [6.07, 6.45) is 7.00. The number of aromatic nitrogens is 3. The molecule has 2 N–H and O–H groups in total. The molecule has 0 saturated heterocycles. The number of hydrogen-bond acceptors (Lipinski definition) is 5. The predicted molar refractivity (Wildman–Crippen MR) is 71.4 cm³/mol. The maximum Gasteiger partial charge on any atom is 0.230 e. The van der Waals surface area contributed by atoms with Crippen molar-refractivity contribution in [2.75, 3.05) is 6.54 Å². The van der Waals surface area contributed by atoms with Gasteiger partial charge in [0.15, 0.2) is 0 Å². The molecule has 2 atom stereocenters. The number of nitrogens with zero attached hydrogens (tertiary/aromatic N) is 3. The molecule has 0 aliphatic heterocycles. The van der Waals surface area contributed by atoms with Crippen molar-refractivity contribution in [2.45, 2.75) is 32.1 Å². The monoisotopic (exact) mass is 258 g/mol. The zero-order chi connectivity index (χ0) is 13.2. The molecule has 5 nitrogen and oxygen atoms in total. The van der Waals surface area contributed by atoms with Crippen LogP contribution in [0.4, 0.5) is 0 Å². The molecule has 3 rings (SSSR count). The van der Waals surface area contributed by atoms with E-state index in [1.54, 1.807) is 6.20 Å². The molecule has 0 aromatic carbocycles. The van der Waals surface area contributed by atoms with E-state index >= 15 is 0 Å². The Morgan fingerprint density at radius 1 is 1.42 bits per heavy atom. The summed E-state index contributed by atoms with van der Waals surface area (Å²) in [4.78, 5) is 8.64. The Labute approximate surface area is 112 Å². The van der Waals surface area contributed by atoms with E-state index in [0.29, 0.717) is 24.2 Å². The molecule has 1 aliphatic rings. The van der Waals surface area contributed by atoms with Crippen molar-refractivity contribution in [3.05, 3.63) is 29.9 Å². The molecule has 0 bridgehead atoms. The summed E-state index contributed by atoms with van der Waals surface area (Å²) in [6, 6.07) is 1.92. The molecule has 100 valence electrons. The molecule has 2 unspecified atom stereocenters. The Kier molecular flexibility index (Phi) is 3.29. The van der Waals surface area contributed by atoms with Gasteiger partial charge in [0.05, 0.1) is 0 Å². The first-order valence-electron chi connectivity index (χ1n) is 6.74. The number of aryl methyl sites for hydroxylation is 1. The quantitative estimate of drug-likeness (QED) is 0.913. The minimum Gasteiger partial charge on any atom is -0.339 e. The van der Waals surface area contributed by atoms with E-state index in [0.717, 1.165) is 29.9 Å². The third-order valence-electron chi connectivity index (χ3n) is 3.98. The largest absolute Gasteiger partial charge is 0.339 e. The molecule has 19 heavy (non-hydrogen) atoms. The summed E-state index contributed by atoms with van der Waals surface area (Å²) in [7, 11) is 0. The second-order valence-corrected chi connectivity index (χ2v) is 5.18. The summed E-state index contributed by atoms with van der Waals surface area (Å²) in [6.45, 7) is 2.69. The highest BCUT2D eigenvalue weighted by atomic mass is 16.5. The molecule has 0 spiro atoms. The van der Waals surface area contributed by atoms with Crippen LogP contribution in [0.25, 0.3) is 11.4 Å². The first-order valence-corrected chi connectivity index (χ1v) is 6.74. The zero-order valence-electron chi connectivity index (χ0n) is 11.0. The minimum atomic E-state index is 0.327. The fraction of sp³-hybridized carbons (Fsp3) is 0.500. The molecular formula is C14H18N4O. The van der Waals surface area contributed by atoms with Crippen LogP contribution < -0.4 is 5.73 Å². The van der Waals surface area contributed by atoms with Crippen LogP contribution in [0.1, 0.15) is 36.6 Å². The SMILES string of the molecule is Cc1cnccc1-c1noc(C2CCCC2CN)n1. The highest BCUT2D eigenvalue weighted by Gasteiger charge is 2.32. The van der Waals surface area contributed by atoms with Crippen LogP contribution in [0.2, 0.25) is 0 Å². The van der Waals surface area contributed by atoms with Gasteiger partial charge in [-0.15, -0.1) is 0 Å². The zero-order valence-corrected chi connectivity index (χ0v) is 11.0. The fourth-order valence-electron chi connectivity index (χ4n) is 2.86. The van der Waals surface area contributed by atoms with Gasteiger partial charge < -0.3 is 10.3 Å². The summed E-state index contributed by atoms with van der Waals surface area (Å²) >= 11 is 0. The van der Waals surface area contributed by atoms with Gasteiger partial charge in [-0.05, 0) is 43.9 Å². The predicted octanol–water partition coefficient (Wildman–Crippen LogP) is 2.28. The average molecular weight is 258 g/mol. The van der Waals surface area contributed by atoms with Gasteiger partial charge in [0.1, 0.15) is 0 Å². The van der Waals surface area contributed by atoms with Gasteiger partial charge >= 0.3 is 0 Å². The first kappa shape index (κ1) is 12.3. The van der Waals surface area contributed by atoms with Gasteiger partial charge in [0.2, 0.25) is 11.7 Å². The van der Waals surface area contributed by atoms with Crippen LogP contribution in [-0.2, 0) is 0 Å². The molecule has 1 fully saturated rings. The van der Waals surface area contributed by atoms with Crippen LogP contribution in [0.3, 0.4) is 0 Å². The summed E-state index contributed by atoms with van der Waals surface area (Å²) in [5.41, 5.74) is 7.84. The van der Waals surface area contributed by atoms with Gasteiger partial charge in [0.25, 0.3) is 0 Å². The Morgan fingerprint density at radius 2 is 2.32 bits per heavy atom. The number of rotatable bonds is 3. The lowest BCUT2D eigenvalue weighted by molar-refractivity contribution is 0.326. The molecule has 2 aromatic heterocycles. The lowest BCUT2D eigenvalue weighted by atomic mass is 9.96. The van der Waals surface area contributed by atoms with E-state index in [2.05, 4.69) is 15.1 Å². The van der Waals surface area contributed by atoms with Crippen molar-refractivity contribution in [1.82, 2.24) is 15.1 Å². The van der Waals surface area contributed by atoms with Crippen molar-refractivity contribution < 1.29 is 4.52 Å². The van der Waals surface area contributed by atoms with Crippen molar-refractivity contribution in [1.29, 1.82) is 0 Å². The highest BCUT2D eigenvalue weighted by molar-refractivity contribution is 5.57. The fourth-order valence-corrected chi connectivity index (χ4v) is 2.86. The summed E-state index contributed by atoms with van der Waals surface area (Å²) in [5.74, 6) is 2.19. The molecule has 2 aromatic rings. The maximum absolute atomic E-state index is 5.81. The second kappa shape index (κ2) is 5.09. The Hall–Kier alpha value is -1.75. The smallest absolute Gasteiger partial charge is 0.230 e. The number of nitrogens with two attached hydrogens (primary N) is 1. The molecule has 2 heterocycles. The molecule has 1 saturated carbocycles. The third kappa shape index (κ3) is 2.26. The van der Waals surface area contributed by atoms with E-state index in [-0.39, 0.29) is 0 Å². The van der Waals surface area contributed by atoms with Gasteiger partial charge in [-0.1, -0.05) is 11.6 Å². The molecule has 5 heteroatoms. The number of pyridine rings is 1. The molecular weight excluding hydrogens is 240 g/mol. The first-order chi connectivity index (χ1) is 9.29. The average Bonchev–Trinajstić information content (AvgIpc) is 3.07. The van der Waals surface area contributed by atoms with Crippen LogP contribution >= 0.6 is 0 Å². The minimum absolute atomic E-state index is 0.327. The van der Waals surface area contributed by atoms with Crippen molar-refractivity contribution in [3.63, 3.8) is 0 Å². The Bertz CT molecular complexity index is 566.